The molecule has 4 nitrogen and oxygen atoms in total. The van der Waals surface area contributed by atoms with Gasteiger partial charge in [0.2, 0.25) is 0 Å². The molecular weight excluding hydrogens is 260 g/mol. The van der Waals surface area contributed by atoms with Crippen LogP contribution in [0.1, 0.15) is 35.9 Å². The Morgan fingerprint density at radius 3 is 3.00 bits per heavy atom. The van der Waals surface area contributed by atoms with Crippen molar-refractivity contribution in [1.82, 2.24) is 10.6 Å². The van der Waals surface area contributed by atoms with Crippen LogP contribution in [0.15, 0.2) is 12.1 Å². The minimum absolute atomic E-state index is 0.0880. The lowest BCUT2D eigenvalue weighted by atomic mass is 10.3. The van der Waals surface area contributed by atoms with E-state index in [0.29, 0.717) is 19.5 Å². The van der Waals surface area contributed by atoms with Gasteiger partial charge in [0.25, 0.3) is 0 Å². The lowest BCUT2D eigenvalue weighted by Crippen LogP contribution is -2.35. The Labute approximate surface area is 118 Å². The molecule has 1 heterocycles. The summed E-state index contributed by atoms with van der Waals surface area (Å²) in [7, 11) is 0. The van der Waals surface area contributed by atoms with Gasteiger partial charge in [-0.3, -0.25) is 0 Å². The van der Waals surface area contributed by atoms with Gasteiger partial charge in [-0.1, -0.05) is 25.2 Å². The molecule has 0 aliphatic heterocycles. The van der Waals surface area contributed by atoms with E-state index in [-0.39, 0.29) is 12.6 Å². The number of aliphatic hydroxyl groups excluding tert-OH is 1. The summed E-state index contributed by atoms with van der Waals surface area (Å²) in [5, 5.41) is 14.2. The Kier molecular flexibility index (Phi) is 7.71. The molecule has 0 fully saturated rings. The van der Waals surface area contributed by atoms with Crippen LogP contribution >= 0.6 is 11.3 Å². The Balaban J connectivity index is 2.30. The van der Waals surface area contributed by atoms with Crippen molar-refractivity contribution in [2.24, 2.45) is 0 Å². The highest BCUT2D eigenvalue weighted by molar-refractivity contribution is 7.12. The number of aliphatic hydroxyl groups is 1. The van der Waals surface area contributed by atoms with Crippen LogP contribution in [0.4, 0.5) is 4.79 Å². The largest absolute Gasteiger partial charge is 0.395 e. The second-order valence-electron chi connectivity index (χ2n) is 4.00. The molecule has 0 radical (unpaired) electrons. The van der Waals surface area contributed by atoms with Gasteiger partial charge in [0.15, 0.2) is 0 Å². The summed E-state index contributed by atoms with van der Waals surface area (Å²) < 4.78 is 0. The van der Waals surface area contributed by atoms with Crippen LogP contribution in [0.2, 0.25) is 0 Å². The van der Waals surface area contributed by atoms with Crippen molar-refractivity contribution >= 4 is 17.4 Å². The van der Waals surface area contributed by atoms with Crippen molar-refractivity contribution < 1.29 is 9.90 Å². The number of hydrogen-bond donors (Lipinski definition) is 3. The lowest BCUT2D eigenvalue weighted by molar-refractivity contribution is 0.240. The summed E-state index contributed by atoms with van der Waals surface area (Å²) >= 11 is 1.56. The zero-order valence-corrected chi connectivity index (χ0v) is 12.0. The van der Waals surface area contributed by atoms with E-state index in [0.717, 1.165) is 22.6 Å². The average Bonchev–Trinajstić information content (AvgIpc) is 2.85. The van der Waals surface area contributed by atoms with Gasteiger partial charge in [0.05, 0.1) is 18.0 Å². The number of unbranched alkanes of at least 4 members (excludes halogenated alkanes) is 1. The first kappa shape index (κ1) is 15.5. The maximum Gasteiger partial charge on any atom is 0.315 e. The highest BCUT2D eigenvalue weighted by Crippen LogP contribution is 2.14. The molecule has 0 saturated carbocycles. The summed E-state index contributed by atoms with van der Waals surface area (Å²) in [6.07, 6.45) is 2.56. The molecule has 0 bridgehead atoms. The topological polar surface area (TPSA) is 61.4 Å². The highest BCUT2D eigenvalue weighted by atomic mass is 32.1. The summed E-state index contributed by atoms with van der Waals surface area (Å²) in [6, 6.07) is 3.76. The fourth-order valence-corrected chi connectivity index (χ4v) is 2.18. The van der Waals surface area contributed by atoms with Crippen LogP contribution in [0, 0.1) is 11.8 Å². The third kappa shape index (κ3) is 6.85. The number of thiophene rings is 1. The van der Waals surface area contributed by atoms with Crippen molar-refractivity contribution in [3.8, 4) is 11.8 Å². The molecule has 2 amide bonds. The van der Waals surface area contributed by atoms with E-state index < -0.39 is 0 Å². The Morgan fingerprint density at radius 1 is 1.42 bits per heavy atom. The SMILES string of the molecule is CCCCNC(=O)NCc1ccc(C#CCCO)s1. The molecule has 0 spiro atoms. The van der Waals surface area contributed by atoms with Crippen molar-refractivity contribution in [3.63, 3.8) is 0 Å². The van der Waals surface area contributed by atoms with Crippen molar-refractivity contribution in [2.75, 3.05) is 13.2 Å². The zero-order valence-electron chi connectivity index (χ0n) is 11.2. The molecule has 0 aromatic carbocycles. The van der Waals surface area contributed by atoms with E-state index in [9.17, 15) is 4.79 Å². The van der Waals surface area contributed by atoms with Gasteiger partial charge < -0.3 is 15.7 Å². The van der Waals surface area contributed by atoms with E-state index in [1.54, 1.807) is 11.3 Å². The maximum atomic E-state index is 11.4. The molecule has 1 rings (SSSR count). The van der Waals surface area contributed by atoms with Gasteiger partial charge in [-0.05, 0) is 18.6 Å². The molecule has 0 saturated heterocycles. The minimum Gasteiger partial charge on any atom is -0.395 e. The van der Waals surface area contributed by atoms with Crippen molar-refractivity contribution in [3.05, 3.63) is 21.9 Å². The van der Waals surface area contributed by atoms with Gasteiger partial charge in [-0.15, -0.1) is 11.3 Å². The molecule has 3 N–H and O–H groups in total. The zero-order chi connectivity index (χ0) is 13.9. The molecule has 0 atom stereocenters. The molecule has 1 aromatic heterocycles. The summed E-state index contributed by atoms with van der Waals surface area (Å²) in [6.45, 7) is 3.41. The molecule has 0 aliphatic carbocycles. The van der Waals surface area contributed by atoms with E-state index in [1.807, 2.05) is 12.1 Å². The number of rotatable bonds is 6. The first-order valence-corrected chi connectivity index (χ1v) is 7.28. The maximum absolute atomic E-state index is 11.4. The minimum atomic E-state index is -0.130. The highest BCUT2D eigenvalue weighted by Gasteiger charge is 2.01. The number of urea groups is 1. The second kappa shape index (κ2) is 9.42. The molecule has 0 unspecified atom stereocenters. The first-order chi connectivity index (χ1) is 9.26. The van der Waals surface area contributed by atoms with E-state index in [1.165, 1.54) is 0 Å². The van der Waals surface area contributed by atoms with Crippen LogP contribution in [0.5, 0.6) is 0 Å². The summed E-state index contributed by atoms with van der Waals surface area (Å²) in [5.74, 6) is 5.85. The third-order valence-electron chi connectivity index (χ3n) is 2.35. The number of nitrogens with one attached hydrogen (secondary N) is 2. The monoisotopic (exact) mass is 280 g/mol. The first-order valence-electron chi connectivity index (χ1n) is 6.46. The Bertz CT molecular complexity index is 446. The molecule has 104 valence electrons. The molecule has 1 aromatic rings. The van der Waals surface area contributed by atoms with Gasteiger partial charge in [0.1, 0.15) is 0 Å². The molecule has 19 heavy (non-hydrogen) atoms. The van der Waals surface area contributed by atoms with E-state index in [2.05, 4.69) is 29.4 Å². The third-order valence-corrected chi connectivity index (χ3v) is 3.35. The number of amides is 2. The summed E-state index contributed by atoms with van der Waals surface area (Å²) in [4.78, 5) is 13.5. The molecular formula is C14H20N2O2S. The smallest absolute Gasteiger partial charge is 0.315 e. The number of carbonyl (C=O) groups excluding carboxylic acids is 1. The number of hydrogen-bond acceptors (Lipinski definition) is 3. The van der Waals surface area contributed by atoms with Crippen LogP contribution in [0.25, 0.3) is 0 Å². The fourth-order valence-electron chi connectivity index (χ4n) is 1.35. The van der Waals surface area contributed by atoms with Crippen LogP contribution in [0.3, 0.4) is 0 Å². The fraction of sp³-hybridized carbons (Fsp3) is 0.500. The quantitative estimate of drug-likeness (QED) is 0.552. The van der Waals surface area contributed by atoms with Crippen LogP contribution in [-0.2, 0) is 6.54 Å². The standard InChI is InChI=1S/C14H20N2O2S/c1-2-3-9-15-14(18)16-11-13-8-7-12(19-13)6-4-5-10-17/h7-8,17H,2-3,5,9-11H2,1H3,(H2,15,16,18). The van der Waals surface area contributed by atoms with Crippen molar-refractivity contribution in [2.45, 2.75) is 32.7 Å². The van der Waals surface area contributed by atoms with Gasteiger partial charge in [0, 0.05) is 17.8 Å². The number of carbonyl (C=O) groups is 1. The second-order valence-corrected chi connectivity index (χ2v) is 5.17. The van der Waals surface area contributed by atoms with E-state index in [4.69, 9.17) is 5.11 Å². The Morgan fingerprint density at radius 2 is 2.26 bits per heavy atom. The van der Waals surface area contributed by atoms with Gasteiger partial charge in [-0.2, -0.15) is 0 Å². The predicted molar refractivity (Wildman–Crippen MR) is 78.0 cm³/mol. The lowest BCUT2D eigenvalue weighted by Gasteiger charge is -2.05. The predicted octanol–water partition coefficient (Wildman–Crippen LogP) is 2.08. The van der Waals surface area contributed by atoms with Gasteiger partial charge in [-0.25, -0.2) is 4.79 Å². The molecule has 5 heteroatoms. The normalized spacial score (nSPS) is 9.58. The molecule has 0 aliphatic rings. The summed E-state index contributed by atoms with van der Waals surface area (Å²) in [5.41, 5.74) is 0. The van der Waals surface area contributed by atoms with Gasteiger partial charge >= 0.3 is 6.03 Å². The average molecular weight is 280 g/mol. The van der Waals surface area contributed by atoms with Crippen LogP contribution < -0.4 is 10.6 Å². The van der Waals surface area contributed by atoms with Crippen molar-refractivity contribution in [1.29, 1.82) is 0 Å². The van der Waals surface area contributed by atoms with Crippen LogP contribution in [-0.4, -0.2) is 24.3 Å². The Hall–Kier alpha value is -1.51. The van der Waals surface area contributed by atoms with E-state index >= 15 is 0 Å².